The summed E-state index contributed by atoms with van der Waals surface area (Å²) >= 11 is 5.84. The summed E-state index contributed by atoms with van der Waals surface area (Å²) in [6.07, 6.45) is 0. The van der Waals surface area contributed by atoms with Gasteiger partial charge in [-0.15, -0.1) is 0 Å². The molecular formula is C12H13ClN2O5. The maximum absolute atomic E-state index is 12.2. The van der Waals surface area contributed by atoms with Crippen molar-refractivity contribution in [3.8, 4) is 0 Å². The summed E-state index contributed by atoms with van der Waals surface area (Å²) in [7, 11) is 1.37. The molecule has 0 saturated heterocycles. The quantitative estimate of drug-likeness (QED) is 0.662. The van der Waals surface area contributed by atoms with Crippen LogP contribution in [0.4, 0.5) is 5.69 Å². The third kappa shape index (κ3) is 3.45. The molecule has 0 fully saturated rings. The predicted octanol–water partition coefficient (Wildman–Crippen LogP) is 2.04. The number of halogens is 1. The van der Waals surface area contributed by atoms with E-state index in [-0.39, 0.29) is 17.1 Å². The highest BCUT2D eigenvalue weighted by Crippen LogP contribution is 2.27. The number of hydrogen-bond donors (Lipinski definition) is 1. The van der Waals surface area contributed by atoms with Crippen molar-refractivity contribution in [2.75, 3.05) is 13.6 Å². The second-order valence-electron chi connectivity index (χ2n) is 4.32. The number of carbonyl (C=O) groups excluding carboxylic acids is 1. The van der Waals surface area contributed by atoms with Gasteiger partial charge in [-0.1, -0.05) is 24.6 Å². The third-order valence-electron chi connectivity index (χ3n) is 2.72. The number of hydrogen-bond acceptors (Lipinski definition) is 4. The molecule has 0 bridgehead atoms. The smallest absolute Gasteiger partial charge is 0.308 e. The molecule has 0 radical (unpaired) electrons. The zero-order valence-electron chi connectivity index (χ0n) is 10.9. The van der Waals surface area contributed by atoms with Crippen molar-refractivity contribution in [3.05, 3.63) is 38.9 Å². The number of nitrogens with zero attached hydrogens (tertiary/aromatic N) is 2. The molecule has 8 heteroatoms. The van der Waals surface area contributed by atoms with Gasteiger partial charge in [-0.2, -0.15) is 0 Å². The first-order chi connectivity index (χ1) is 9.25. The summed E-state index contributed by atoms with van der Waals surface area (Å²) < 4.78 is 0. The van der Waals surface area contributed by atoms with Crippen molar-refractivity contribution >= 4 is 29.2 Å². The van der Waals surface area contributed by atoms with E-state index >= 15 is 0 Å². The number of rotatable bonds is 5. The van der Waals surface area contributed by atoms with Crippen LogP contribution in [0.1, 0.15) is 17.3 Å². The van der Waals surface area contributed by atoms with E-state index in [2.05, 4.69) is 0 Å². The molecule has 1 unspecified atom stereocenters. The highest BCUT2D eigenvalue weighted by molar-refractivity contribution is 6.34. The van der Waals surface area contributed by atoms with Gasteiger partial charge in [0.15, 0.2) is 0 Å². The van der Waals surface area contributed by atoms with Gasteiger partial charge in [-0.3, -0.25) is 19.7 Å². The molecular weight excluding hydrogens is 288 g/mol. The lowest BCUT2D eigenvalue weighted by molar-refractivity contribution is -0.385. The van der Waals surface area contributed by atoms with Gasteiger partial charge < -0.3 is 10.0 Å². The number of carboxylic acid groups (broad SMARTS) is 1. The van der Waals surface area contributed by atoms with E-state index < -0.39 is 28.4 Å². The zero-order chi connectivity index (χ0) is 15.4. The van der Waals surface area contributed by atoms with Gasteiger partial charge in [-0.25, -0.2) is 0 Å². The molecule has 1 aromatic rings. The molecule has 1 N–H and O–H groups in total. The van der Waals surface area contributed by atoms with Crippen molar-refractivity contribution < 1.29 is 19.6 Å². The standard InChI is InChI=1S/C12H13ClN2O5/c1-7(12(17)18)6-14(2)11(16)10-8(13)4-3-5-9(10)15(19)20/h3-5,7H,6H2,1-2H3,(H,17,18). The van der Waals surface area contributed by atoms with Crippen LogP contribution in [0.15, 0.2) is 18.2 Å². The van der Waals surface area contributed by atoms with E-state index in [4.69, 9.17) is 16.7 Å². The van der Waals surface area contributed by atoms with Crippen molar-refractivity contribution in [2.24, 2.45) is 5.92 Å². The van der Waals surface area contributed by atoms with Crippen LogP contribution in [-0.4, -0.2) is 40.4 Å². The first kappa shape index (κ1) is 15.9. The van der Waals surface area contributed by atoms with Gasteiger partial charge >= 0.3 is 5.97 Å². The number of benzene rings is 1. The molecule has 7 nitrogen and oxygen atoms in total. The minimum atomic E-state index is -1.06. The number of carbonyl (C=O) groups is 2. The minimum absolute atomic E-state index is 0.0426. The average molecular weight is 301 g/mol. The SMILES string of the molecule is CC(CN(C)C(=O)c1c(Cl)cccc1[N+](=O)[O-])C(=O)O. The van der Waals surface area contributed by atoms with Gasteiger partial charge in [0, 0.05) is 19.7 Å². The molecule has 0 saturated carbocycles. The molecule has 0 heterocycles. The predicted molar refractivity (Wildman–Crippen MR) is 71.9 cm³/mol. The third-order valence-corrected chi connectivity index (χ3v) is 3.03. The summed E-state index contributed by atoms with van der Waals surface area (Å²) in [5.41, 5.74) is -0.642. The van der Waals surface area contributed by atoms with E-state index in [1.165, 1.54) is 32.2 Å². The summed E-state index contributed by atoms with van der Waals surface area (Å²) in [6.45, 7) is 1.36. The van der Waals surface area contributed by atoms with E-state index in [1.54, 1.807) is 0 Å². The Morgan fingerprint density at radius 3 is 2.60 bits per heavy atom. The fourth-order valence-corrected chi connectivity index (χ4v) is 1.89. The fourth-order valence-electron chi connectivity index (χ4n) is 1.64. The summed E-state index contributed by atoms with van der Waals surface area (Å²) in [4.78, 5) is 34.3. The van der Waals surface area contributed by atoms with Crippen molar-refractivity contribution in [1.29, 1.82) is 0 Å². The van der Waals surface area contributed by atoms with E-state index in [9.17, 15) is 19.7 Å². The molecule has 1 aromatic carbocycles. The first-order valence-corrected chi connectivity index (χ1v) is 6.04. The zero-order valence-corrected chi connectivity index (χ0v) is 11.6. The second-order valence-corrected chi connectivity index (χ2v) is 4.72. The lowest BCUT2D eigenvalue weighted by atomic mass is 10.1. The Hall–Kier alpha value is -2.15. The molecule has 0 spiro atoms. The molecule has 1 rings (SSSR count). The Bertz CT molecular complexity index is 561. The van der Waals surface area contributed by atoms with E-state index in [0.717, 1.165) is 4.90 Å². The summed E-state index contributed by atoms with van der Waals surface area (Å²) in [6, 6.07) is 3.92. The normalized spacial score (nSPS) is 11.8. The topological polar surface area (TPSA) is 101 Å². The number of aliphatic carboxylic acids is 1. The first-order valence-electron chi connectivity index (χ1n) is 5.66. The molecule has 0 aliphatic rings. The van der Waals surface area contributed by atoms with Gasteiger partial charge in [0.1, 0.15) is 5.56 Å². The van der Waals surface area contributed by atoms with Gasteiger partial charge in [0.05, 0.1) is 15.9 Å². The van der Waals surface area contributed by atoms with Crippen LogP contribution < -0.4 is 0 Å². The molecule has 0 aliphatic carbocycles. The van der Waals surface area contributed by atoms with Crippen LogP contribution in [0.5, 0.6) is 0 Å². The average Bonchev–Trinajstić information content (AvgIpc) is 2.37. The lowest BCUT2D eigenvalue weighted by Crippen LogP contribution is -2.34. The number of nitro benzene ring substituents is 1. The van der Waals surface area contributed by atoms with E-state index in [0.29, 0.717) is 0 Å². The van der Waals surface area contributed by atoms with Crippen LogP contribution in [0, 0.1) is 16.0 Å². The lowest BCUT2D eigenvalue weighted by Gasteiger charge is -2.19. The Balaban J connectivity index is 3.09. The van der Waals surface area contributed by atoms with Crippen molar-refractivity contribution in [3.63, 3.8) is 0 Å². The van der Waals surface area contributed by atoms with Gasteiger partial charge in [0.25, 0.3) is 11.6 Å². The molecule has 0 aliphatic heterocycles. The van der Waals surface area contributed by atoms with Crippen LogP contribution in [0.25, 0.3) is 0 Å². The Morgan fingerprint density at radius 2 is 2.10 bits per heavy atom. The van der Waals surface area contributed by atoms with Gasteiger partial charge in [0.2, 0.25) is 0 Å². The number of nitro groups is 1. The largest absolute Gasteiger partial charge is 0.481 e. The van der Waals surface area contributed by atoms with Crippen LogP contribution in [0.2, 0.25) is 5.02 Å². The summed E-state index contributed by atoms with van der Waals surface area (Å²) in [5.74, 6) is -2.53. The number of carboxylic acids is 1. The Labute approximate surface area is 119 Å². The maximum Gasteiger partial charge on any atom is 0.308 e. The fraction of sp³-hybridized carbons (Fsp3) is 0.333. The minimum Gasteiger partial charge on any atom is -0.481 e. The van der Waals surface area contributed by atoms with Crippen molar-refractivity contribution in [2.45, 2.75) is 6.92 Å². The Kier molecular flexibility index (Phi) is 5.04. The van der Waals surface area contributed by atoms with Crippen LogP contribution in [-0.2, 0) is 4.79 Å². The molecule has 108 valence electrons. The number of amides is 1. The molecule has 0 aromatic heterocycles. The van der Waals surface area contributed by atoms with Crippen LogP contribution >= 0.6 is 11.6 Å². The molecule has 1 atom stereocenters. The molecule has 20 heavy (non-hydrogen) atoms. The maximum atomic E-state index is 12.2. The Morgan fingerprint density at radius 1 is 1.50 bits per heavy atom. The second kappa shape index (κ2) is 6.33. The molecule has 1 amide bonds. The highest BCUT2D eigenvalue weighted by Gasteiger charge is 2.27. The van der Waals surface area contributed by atoms with E-state index in [1.807, 2.05) is 0 Å². The summed E-state index contributed by atoms with van der Waals surface area (Å²) in [5, 5.41) is 19.7. The van der Waals surface area contributed by atoms with Crippen molar-refractivity contribution in [1.82, 2.24) is 4.90 Å². The highest BCUT2D eigenvalue weighted by atomic mass is 35.5. The van der Waals surface area contributed by atoms with Gasteiger partial charge in [-0.05, 0) is 6.07 Å². The monoisotopic (exact) mass is 300 g/mol. The van der Waals surface area contributed by atoms with Crippen LogP contribution in [0.3, 0.4) is 0 Å².